The summed E-state index contributed by atoms with van der Waals surface area (Å²) >= 11 is 13.2. The summed E-state index contributed by atoms with van der Waals surface area (Å²) in [4.78, 5) is 0. The van der Waals surface area contributed by atoms with Crippen molar-refractivity contribution in [3.63, 3.8) is 0 Å². The summed E-state index contributed by atoms with van der Waals surface area (Å²) in [5.74, 6) is 0. The van der Waals surface area contributed by atoms with Gasteiger partial charge in [0.05, 0.1) is 6.04 Å². The zero-order valence-corrected chi connectivity index (χ0v) is 13.7. The van der Waals surface area contributed by atoms with Crippen LogP contribution >= 0.6 is 43.5 Å². The molecule has 94 valence electrons. The van der Waals surface area contributed by atoms with Gasteiger partial charge in [-0.3, -0.25) is 0 Å². The van der Waals surface area contributed by atoms with Crippen molar-refractivity contribution < 1.29 is 0 Å². The van der Waals surface area contributed by atoms with Gasteiger partial charge in [-0.1, -0.05) is 55.6 Å². The van der Waals surface area contributed by atoms with Crippen LogP contribution < -0.4 is 5.32 Å². The predicted octanol–water partition coefficient (Wildman–Crippen LogP) is 5.17. The molecule has 0 aromatic heterocycles. The fourth-order valence-electron chi connectivity index (χ4n) is 1.89. The van der Waals surface area contributed by atoms with E-state index in [-0.39, 0.29) is 6.04 Å². The average molecular weight is 390 g/mol. The van der Waals surface area contributed by atoms with Crippen LogP contribution in [0.4, 0.5) is 0 Å². The molecule has 1 nitrogen and oxygen atoms in total. The van der Waals surface area contributed by atoms with Crippen molar-refractivity contribution in [1.29, 1.82) is 0 Å². The van der Waals surface area contributed by atoms with E-state index in [0.717, 1.165) is 19.5 Å². The van der Waals surface area contributed by atoms with Crippen molar-refractivity contribution in [1.82, 2.24) is 5.32 Å². The largest absolute Gasteiger partial charge is 0.309 e. The molecule has 0 fully saturated rings. The van der Waals surface area contributed by atoms with E-state index in [1.165, 1.54) is 5.56 Å². The number of hydrogen-bond acceptors (Lipinski definition) is 1. The lowest BCUT2D eigenvalue weighted by atomic mass is 9.99. The monoisotopic (exact) mass is 387 g/mol. The third-order valence-electron chi connectivity index (χ3n) is 2.76. The smallest absolute Gasteiger partial charge is 0.0589 e. The van der Waals surface area contributed by atoms with E-state index in [1.54, 1.807) is 0 Å². The van der Waals surface area contributed by atoms with Gasteiger partial charge in [-0.05, 0) is 48.5 Å². The number of rotatable bonds is 3. The Morgan fingerprint density at radius 3 is 2.22 bits per heavy atom. The first-order valence-electron chi connectivity index (χ1n) is 5.49. The van der Waals surface area contributed by atoms with Crippen molar-refractivity contribution in [2.24, 2.45) is 0 Å². The zero-order valence-electron chi connectivity index (χ0n) is 9.75. The van der Waals surface area contributed by atoms with E-state index < -0.39 is 0 Å². The Morgan fingerprint density at radius 2 is 1.61 bits per heavy atom. The minimum absolute atomic E-state index is 0.0862. The lowest BCUT2D eigenvalue weighted by molar-refractivity contribution is 0.691. The molecule has 0 aliphatic carbocycles. The Bertz CT molecular complexity index is 540. The van der Waals surface area contributed by atoms with Crippen LogP contribution in [0.25, 0.3) is 0 Å². The van der Waals surface area contributed by atoms with E-state index in [2.05, 4.69) is 49.3 Å². The molecule has 1 unspecified atom stereocenters. The first-order chi connectivity index (χ1) is 8.61. The van der Waals surface area contributed by atoms with Crippen molar-refractivity contribution in [2.45, 2.75) is 6.04 Å². The lowest BCUT2D eigenvalue weighted by Gasteiger charge is -2.19. The van der Waals surface area contributed by atoms with E-state index >= 15 is 0 Å². The van der Waals surface area contributed by atoms with E-state index in [0.29, 0.717) is 0 Å². The molecule has 0 bridgehead atoms. The third kappa shape index (κ3) is 3.15. The van der Waals surface area contributed by atoms with Gasteiger partial charge in [0.2, 0.25) is 0 Å². The van der Waals surface area contributed by atoms with Gasteiger partial charge >= 0.3 is 0 Å². The SMILES string of the molecule is CNC(c1ccc(Br)cc1)c1cc(Br)ccc1Cl. The van der Waals surface area contributed by atoms with Gasteiger partial charge < -0.3 is 5.32 Å². The maximum absolute atomic E-state index is 6.28. The van der Waals surface area contributed by atoms with E-state index in [9.17, 15) is 0 Å². The normalized spacial score (nSPS) is 12.4. The van der Waals surface area contributed by atoms with Crippen LogP contribution in [0.3, 0.4) is 0 Å². The summed E-state index contributed by atoms with van der Waals surface area (Å²) in [6, 6.07) is 14.2. The summed E-state index contributed by atoms with van der Waals surface area (Å²) in [5, 5.41) is 4.07. The van der Waals surface area contributed by atoms with Gasteiger partial charge in [0.25, 0.3) is 0 Å². The minimum atomic E-state index is 0.0862. The van der Waals surface area contributed by atoms with Gasteiger partial charge in [-0.25, -0.2) is 0 Å². The van der Waals surface area contributed by atoms with E-state index in [4.69, 9.17) is 11.6 Å². The molecule has 18 heavy (non-hydrogen) atoms. The minimum Gasteiger partial charge on any atom is -0.309 e. The first kappa shape index (κ1) is 14.1. The Labute approximate surface area is 129 Å². The second-order valence-electron chi connectivity index (χ2n) is 3.94. The quantitative estimate of drug-likeness (QED) is 0.763. The highest BCUT2D eigenvalue weighted by molar-refractivity contribution is 9.10. The fraction of sp³-hybridized carbons (Fsp3) is 0.143. The Balaban J connectivity index is 2.44. The van der Waals surface area contributed by atoms with Gasteiger partial charge in [0, 0.05) is 14.0 Å². The van der Waals surface area contributed by atoms with Crippen LogP contribution in [0.5, 0.6) is 0 Å². The fourth-order valence-corrected chi connectivity index (χ4v) is 2.76. The average Bonchev–Trinajstić information content (AvgIpc) is 2.37. The highest BCUT2D eigenvalue weighted by Gasteiger charge is 2.15. The van der Waals surface area contributed by atoms with Crippen LogP contribution in [0, 0.1) is 0 Å². The number of hydrogen-bond donors (Lipinski definition) is 1. The molecular weight excluding hydrogens is 377 g/mol. The zero-order chi connectivity index (χ0) is 13.1. The van der Waals surface area contributed by atoms with Gasteiger partial charge in [-0.2, -0.15) is 0 Å². The molecule has 0 amide bonds. The van der Waals surface area contributed by atoms with Crippen LogP contribution in [0.15, 0.2) is 51.4 Å². The van der Waals surface area contributed by atoms with Crippen LogP contribution in [0.1, 0.15) is 17.2 Å². The van der Waals surface area contributed by atoms with Crippen molar-refractivity contribution in [3.05, 3.63) is 67.6 Å². The summed E-state index contributed by atoms with van der Waals surface area (Å²) in [5.41, 5.74) is 2.25. The summed E-state index contributed by atoms with van der Waals surface area (Å²) in [6.07, 6.45) is 0. The summed E-state index contributed by atoms with van der Waals surface area (Å²) in [7, 11) is 1.93. The van der Waals surface area contributed by atoms with Gasteiger partial charge in [0.15, 0.2) is 0 Å². The Kier molecular flexibility index (Phi) is 4.84. The van der Waals surface area contributed by atoms with Crippen molar-refractivity contribution in [2.75, 3.05) is 7.05 Å². The molecule has 0 saturated carbocycles. The molecule has 2 rings (SSSR count). The van der Waals surface area contributed by atoms with Crippen LogP contribution in [-0.2, 0) is 0 Å². The third-order valence-corrected chi connectivity index (χ3v) is 4.13. The molecule has 0 spiro atoms. The number of benzene rings is 2. The molecule has 0 saturated heterocycles. The standard InChI is InChI=1S/C14H12Br2ClN/c1-18-14(9-2-4-10(15)5-3-9)12-8-11(16)6-7-13(12)17/h2-8,14,18H,1H3. The number of halogens is 3. The highest BCUT2D eigenvalue weighted by Crippen LogP contribution is 2.31. The maximum atomic E-state index is 6.28. The molecule has 0 radical (unpaired) electrons. The van der Waals surface area contributed by atoms with Crippen LogP contribution in [0.2, 0.25) is 5.02 Å². The van der Waals surface area contributed by atoms with Gasteiger partial charge in [-0.15, -0.1) is 0 Å². The molecule has 4 heteroatoms. The highest BCUT2D eigenvalue weighted by atomic mass is 79.9. The lowest BCUT2D eigenvalue weighted by Crippen LogP contribution is -2.18. The molecule has 1 N–H and O–H groups in total. The van der Waals surface area contributed by atoms with Crippen LogP contribution in [-0.4, -0.2) is 7.05 Å². The number of nitrogens with one attached hydrogen (secondary N) is 1. The molecule has 0 aliphatic rings. The second kappa shape index (κ2) is 6.20. The molecule has 1 atom stereocenters. The molecule has 0 heterocycles. The van der Waals surface area contributed by atoms with Crippen molar-refractivity contribution >= 4 is 43.5 Å². The molecule has 2 aromatic carbocycles. The van der Waals surface area contributed by atoms with E-state index in [1.807, 2.05) is 37.4 Å². The summed E-state index contributed by atoms with van der Waals surface area (Å²) in [6.45, 7) is 0. The maximum Gasteiger partial charge on any atom is 0.0589 e. The Hall–Kier alpha value is -0.350. The van der Waals surface area contributed by atoms with Gasteiger partial charge in [0.1, 0.15) is 0 Å². The summed E-state index contributed by atoms with van der Waals surface area (Å²) < 4.78 is 2.10. The topological polar surface area (TPSA) is 12.0 Å². The molecular formula is C14H12Br2ClN. The molecule has 2 aromatic rings. The van der Waals surface area contributed by atoms with Crippen molar-refractivity contribution in [3.8, 4) is 0 Å². The predicted molar refractivity (Wildman–Crippen MR) is 84.2 cm³/mol. The first-order valence-corrected chi connectivity index (χ1v) is 7.46. The Morgan fingerprint density at radius 1 is 1.00 bits per heavy atom. The second-order valence-corrected chi connectivity index (χ2v) is 6.18. The molecule has 0 aliphatic heterocycles.